The van der Waals surface area contributed by atoms with Gasteiger partial charge in [0.2, 0.25) is 11.8 Å². The fourth-order valence-corrected chi connectivity index (χ4v) is 2.61. The summed E-state index contributed by atoms with van der Waals surface area (Å²) in [6.07, 6.45) is 1.63. The van der Waals surface area contributed by atoms with Crippen molar-refractivity contribution in [2.75, 3.05) is 20.2 Å². The third kappa shape index (κ3) is 11.5. The van der Waals surface area contributed by atoms with Crippen molar-refractivity contribution in [1.29, 1.82) is 0 Å². The zero-order valence-corrected chi connectivity index (χ0v) is 17.3. The first-order chi connectivity index (χ1) is 13.0. The number of carbonyl (C=O) groups excluding carboxylic acids is 4. The Hall–Kier alpha value is -2.20. The van der Waals surface area contributed by atoms with Gasteiger partial charge in [-0.25, -0.2) is 4.79 Å². The summed E-state index contributed by atoms with van der Waals surface area (Å²) < 4.78 is 0. The molecule has 2 atom stereocenters. The fourth-order valence-electron chi connectivity index (χ4n) is 2.61. The van der Waals surface area contributed by atoms with Crippen LogP contribution in [-0.4, -0.2) is 66.6 Å². The third-order valence-corrected chi connectivity index (χ3v) is 4.32. The summed E-state index contributed by atoms with van der Waals surface area (Å²) in [5.74, 6) is -0.763. The largest absolute Gasteiger partial charge is 0.396 e. The summed E-state index contributed by atoms with van der Waals surface area (Å²) in [5, 5.41) is 19.9. The molecule has 0 rings (SSSR count). The van der Waals surface area contributed by atoms with Crippen LogP contribution in [-0.2, 0) is 14.4 Å². The van der Waals surface area contributed by atoms with Crippen molar-refractivity contribution in [3.05, 3.63) is 0 Å². The number of aliphatic hydroxyl groups is 1. The van der Waals surface area contributed by atoms with Crippen LogP contribution in [0.1, 0.15) is 52.9 Å². The van der Waals surface area contributed by atoms with Gasteiger partial charge in [0.15, 0.2) is 5.78 Å². The Morgan fingerprint density at radius 2 is 1.75 bits per heavy atom. The molecule has 10 nitrogen and oxygen atoms in total. The highest BCUT2D eigenvalue weighted by atomic mass is 16.3. The van der Waals surface area contributed by atoms with Gasteiger partial charge in [0.05, 0.1) is 12.1 Å². The number of nitrogens with one attached hydrogen (secondary N) is 4. The molecule has 0 saturated carbocycles. The first-order valence-corrected chi connectivity index (χ1v) is 9.45. The summed E-state index contributed by atoms with van der Waals surface area (Å²) in [6.45, 7) is 5.29. The summed E-state index contributed by atoms with van der Waals surface area (Å²) >= 11 is 0. The van der Waals surface area contributed by atoms with Crippen LogP contribution in [0, 0.1) is 0 Å². The number of ketones is 1. The van der Waals surface area contributed by atoms with E-state index in [0.29, 0.717) is 25.8 Å². The maximum Gasteiger partial charge on any atom is 0.312 e. The van der Waals surface area contributed by atoms with Gasteiger partial charge in [-0.3, -0.25) is 14.4 Å². The Morgan fingerprint density at radius 1 is 1.11 bits per heavy atom. The predicted octanol–water partition coefficient (Wildman–Crippen LogP) is -0.846. The molecule has 2 unspecified atom stereocenters. The Kier molecular flexibility index (Phi) is 12.0. The average molecular weight is 402 g/mol. The van der Waals surface area contributed by atoms with Gasteiger partial charge in [0.25, 0.3) is 0 Å². The molecule has 162 valence electrons. The van der Waals surface area contributed by atoms with Crippen LogP contribution in [0.25, 0.3) is 0 Å². The molecular formula is C18H35N5O5. The van der Waals surface area contributed by atoms with Gasteiger partial charge < -0.3 is 32.1 Å². The zero-order chi connectivity index (χ0) is 21.7. The Balaban J connectivity index is 4.50. The van der Waals surface area contributed by atoms with Crippen molar-refractivity contribution in [2.45, 2.75) is 70.5 Å². The number of Topliss-reactive ketones (excluding diaryl/α,β-unsaturated/α-hetero) is 1. The van der Waals surface area contributed by atoms with E-state index in [2.05, 4.69) is 21.3 Å². The lowest BCUT2D eigenvalue weighted by Crippen LogP contribution is -2.52. The quantitative estimate of drug-likeness (QED) is 0.208. The number of nitrogens with two attached hydrogens (primary N) is 1. The van der Waals surface area contributed by atoms with E-state index >= 15 is 0 Å². The summed E-state index contributed by atoms with van der Waals surface area (Å²) in [4.78, 5) is 46.9. The molecular weight excluding hydrogens is 366 g/mol. The van der Waals surface area contributed by atoms with Crippen molar-refractivity contribution in [1.82, 2.24) is 21.3 Å². The number of likely N-dealkylation sites (N-methyl/N-ethyl adjacent to an activating group) is 1. The van der Waals surface area contributed by atoms with E-state index in [1.165, 1.54) is 6.92 Å². The van der Waals surface area contributed by atoms with Crippen LogP contribution in [0.5, 0.6) is 0 Å². The fraction of sp³-hybridized carbons (Fsp3) is 0.778. The Bertz CT molecular complexity index is 538. The lowest BCUT2D eigenvalue weighted by Gasteiger charge is -2.28. The van der Waals surface area contributed by atoms with E-state index in [1.807, 2.05) is 13.8 Å². The lowest BCUT2D eigenvalue weighted by molar-refractivity contribution is -0.128. The number of hydrogen-bond acceptors (Lipinski definition) is 6. The molecule has 0 radical (unpaired) electrons. The van der Waals surface area contributed by atoms with Crippen LogP contribution in [0.2, 0.25) is 0 Å². The van der Waals surface area contributed by atoms with Crippen LogP contribution in [0.3, 0.4) is 0 Å². The molecule has 28 heavy (non-hydrogen) atoms. The number of hydrogen-bond donors (Lipinski definition) is 6. The smallest absolute Gasteiger partial charge is 0.312 e. The van der Waals surface area contributed by atoms with Crippen LogP contribution in [0.15, 0.2) is 0 Å². The molecule has 0 aromatic carbocycles. The van der Waals surface area contributed by atoms with E-state index in [4.69, 9.17) is 10.8 Å². The van der Waals surface area contributed by atoms with E-state index < -0.39 is 23.7 Å². The molecule has 0 aliphatic carbocycles. The highest BCUT2D eigenvalue weighted by molar-refractivity contribution is 5.88. The first kappa shape index (κ1) is 25.8. The molecule has 0 aliphatic rings. The molecule has 0 spiro atoms. The summed E-state index contributed by atoms with van der Waals surface area (Å²) in [7, 11) is 1.63. The van der Waals surface area contributed by atoms with Gasteiger partial charge in [-0.15, -0.1) is 0 Å². The second kappa shape index (κ2) is 13.1. The minimum Gasteiger partial charge on any atom is -0.396 e. The maximum absolute atomic E-state index is 12.4. The SMILES string of the molecule is CNC(CCC(=O)NC(CCCNC(N)=O)C(C)=O)C(=O)NC(C)(C)CCO. The number of aliphatic hydroxyl groups excluding tert-OH is 1. The van der Waals surface area contributed by atoms with Gasteiger partial charge in [0, 0.05) is 25.1 Å². The van der Waals surface area contributed by atoms with E-state index in [1.54, 1.807) is 7.05 Å². The molecule has 10 heteroatoms. The van der Waals surface area contributed by atoms with Crippen molar-refractivity contribution < 1.29 is 24.3 Å². The van der Waals surface area contributed by atoms with Crippen LogP contribution >= 0.6 is 0 Å². The molecule has 0 aliphatic heterocycles. The molecule has 0 fully saturated rings. The average Bonchev–Trinajstić information content (AvgIpc) is 2.57. The highest BCUT2D eigenvalue weighted by Gasteiger charge is 2.25. The lowest BCUT2D eigenvalue weighted by atomic mass is 10.00. The van der Waals surface area contributed by atoms with Crippen LogP contribution in [0.4, 0.5) is 4.79 Å². The van der Waals surface area contributed by atoms with Gasteiger partial charge in [0.1, 0.15) is 0 Å². The number of rotatable bonds is 14. The van der Waals surface area contributed by atoms with Gasteiger partial charge in [-0.2, -0.15) is 0 Å². The Morgan fingerprint density at radius 3 is 2.25 bits per heavy atom. The number of urea groups is 1. The van der Waals surface area contributed by atoms with Gasteiger partial charge in [-0.05, 0) is 53.5 Å². The molecule has 7 N–H and O–H groups in total. The minimum absolute atomic E-state index is 0.0404. The number of carbonyl (C=O) groups is 4. The monoisotopic (exact) mass is 401 g/mol. The normalized spacial score (nSPS) is 13.3. The summed E-state index contributed by atoms with van der Waals surface area (Å²) in [5.41, 5.74) is 4.42. The second-order valence-corrected chi connectivity index (χ2v) is 7.39. The topological polar surface area (TPSA) is 163 Å². The van der Waals surface area contributed by atoms with Crippen molar-refractivity contribution in [3.63, 3.8) is 0 Å². The Labute approximate surface area is 166 Å². The molecule has 0 aromatic heterocycles. The number of primary amides is 1. The standard InChI is InChI=1S/C18H35N5O5/c1-12(25)13(6-5-10-21-17(19)28)22-15(26)8-7-14(20-4)16(27)23-18(2,3)9-11-24/h13-14,20,24H,5-11H2,1-4H3,(H,22,26)(H,23,27)(H3,19,21,28). The zero-order valence-electron chi connectivity index (χ0n) is 17.3. The van der Waals surface area contributed by atoms with E-state index in [0.717, 1.165) is 0 Å². The van der Waals surface area contributed by atoms with Crippen molar-refractivity contribution >= 4 is 23.6 Å². The van der Waals surface area contributed by atoms with Crippen molar-refractivity contribution in [3.8, 4) is 0 Å². The third-order valence-electron chi connectivity index (χ3n) is 4.32. The molecule has 0 saturated heterocycles. The molecule has 0 heterocycles. The van der Waals surface area contributed by atoms with Gasteiger partial charge in [-0.1, -0.05) is 0 Å². The first-order valence-electron chi connectivity index (χ1n) is 9.45. The second-order valence-electron chi connectivity index (χ2n) is 7.39. The predicted molar refractivity (Wildman–Crippen MR) is 105 cm³/mol. The van der Waals surface area contributed by atoms with E-state index in [-0.39, 0.29) is 37.0 Å². The molecule has 0 bridgehead atoms. The minimum atomic E-state index is -0.646. The van der Waals surface area contributed by atoms with Gasteiger partial charge >= 0.3 is 6.03 Å². The number of amides is 4. The van der Waals surface area contributed by atoms with Crippen LogP contribution < -0.4 is 27.0 Å². The maximum atomic E-state index is 12.4. The molecule has 0 aromatic rings. The summed E-state index contributed by atoms with van der Waals surface area (Å²) in [6, 6.07) is -1.85. The molecule has 4 amide bonds. The van der Waals surface area contributed by atoms with E-state index in [9.17, 15) is 19.2 Å². The highest BCUT2D eigenvalue weighted by Crippen LogP contribution is 2.09. The van der Waals surface area contributed by atoms with Crippen molar-refractivity contribution in [2.24, 2.45) is 5.73 Å².